The first kappa shape index (κ1) is 13.1. The number of aromatic nitrogens is 2. The van der Waals surface area contributed by atoms with Crippen molar-refractivity contribution in [3.63, 3.8) is 0 Å². The molecular formula is C12H20N4O2S. The van der Waals surface area contributed by atoms with Gasteiger partial charge in [-0.15, -0.1) is 0 Å². The van der Waals surface area contributed by atoms with Gasteiger partial charge in [-0.1, -0.05) is 0 Å². The van der Waals surface area contributed by atoms with Gasteiger partial charge in [0.05, 0.1) is 11.4 Å². The van der Waals surface area contributed by atoms with Gasteiger partial charge in [-0.25, -0.2) is 8.42 Å². The van der Waals surface area contributed by atoms with Crippen LogP contribution in [0.25, 0.3) is 0 Å². The van der Waals surface area contributed by atoms with Crippen LogP contribution in [0.1, 0.15) is 11.4 Å². The fourth-order valence-electron chi connectivity index (χ4n) is 3.27. The van der Waals surface area contributed by atoms with Crippen LogP contribution in [0.2, 0.25) is 0 Å². The van der Waals surface area contributed by atoms with E-state index >= 15 is 0 Å². The maximum atomic E-state index is 12.8. The SMILES string of the molecule is Cc1nn(C)c(C)c1S(=O)(=O)N1C[C@H]2CNC[C@H]2C1. The zero-order valence-electron chi connectivity index (χ0n) is 11.5. The van der Waals surface area contributed by atoms with Crippen LogP contribution in [-0.2, 0) is 17.1 Å². The lowest BCUT2D eigenvalue weighted by Gasteiger charge is -2.17. The Morgan fingerprint density at radius 2 is 1.79 bits per heavy atom. The van der Waals surface area contributed by atoms with Crippen LogP contribution >= 0.6 is 0 Å². The highest BCUT2D eigenvalue weighted by Gasteiger charge is 2.42. The largest absolute Gasteiger partial charge is 0.316 e. The zero-order chi connectivity index (χ0) is 13.8. The molecule has 3 rings (SSSR count). The van der Waals surface area contributed by atoms with E-state index in [2.05, 4.69) is 10.4 Å². The Hall–Kier alpha value is -0.920. The van der Waals surface area contributed by atoms with Gasteiger partial charge in [0.2, 0.25) is 10.0 Å². The molecule has 0 amide bonds. The number of aryl methyl sites for hydroxylation is 2. The fourth-order valence-corrected chi connectivity index (χ4v) is 5.22. The summed E-state index contributed by atoms with van der Waals surface area (Å²) in [6, 6.07) is 0. The van der Waals surface area contributed by atoms with Gasteiger partial charge < -0.3 is 5.32 Å². The summed E-state index contributed by atoms with van der Waals surface area (Å²) in [6.45, 7) is 6.70. The van der Waals surface area contributed by atoms with Crippen molar-refractivity contribution >= 4 is 10.0 Å². The number of sulfonamides is 1. The first-order valence-electron chi connectivity index (χ1n) is 6.62. The fraction of sp³-hybridized carbons (Fsp3) is 0.750. The van der Waals surface area contributed by atoms with E-state index in [1.807, 2.05) is 6.92 Å². The predicted molar refractivity (Wildman–Crippen MR) is 71.3 cm³/mol. The molecule has 1 aromatic heterocycles. The molecule has 0 bridgehead atoms. The summed E-state index contributed by atoms with van der Waals surface area (Å²) in [4.78, 5) is 0.392. The summed E-state index contributed by atoms with van der Waals surface area (Å²) in [6.07, 6.45) is 0. The second-order valence-electron chi connectivity index (χ2n) is 5.62. The lowest BCUT2D eigenvalue weighted by molar-refractivity contribution is 0.447. The summed E-state index contributed by atoms with van der Waals surface area (Å²) >= 11 is 0. The van der Waals surface area contributed by atoms with Gasteiger partial charge >= 0.3 is 0 Å². The van der Waals surface area contributed by atoms with Crippen LogP contribution in [-0.4, -0.2) is 48.7 Å². The number of hydrogen-bond acceptors (Lipinski definition) is 4. The van der Waals surface area contributed by atoms with Crippen LogP contribution in [0.4, 0.5) is 0 Å². The Balaban J connectivity index is 1.95. The molecule has 2 aliphatic heterocycles. The summed E-state index contributed by atoms with van der Waals surface area (Å²) in [7, 11) is -1.62. The van der Waals surface area contributed by atoms with Crippen molar-refractivity contribution in [1.82, 2.24) is 19.4 Å². The van der Waals surface area contributed by atoms with Crippen LogP contribution in [0.5, 0.6) is 0 Å². The predicted octanol–water partition coefficient (Wildman–Crippen LogP) is -0.123. The summed E-state index contributed by atoms with van der Waals surface area (Å²) < 4.78 is 28.8. The maximum Gasteiger partial charge on any atom is 0.246 e. The summed E-state index contributed by atoms with van der Waals surface area (Å²) in [5, 5.41) is 7.54. The highest BCUT2D eigenvalue weighted by molar-refractivity contribution is 7.89. The average molecular weight is 284 g/mol. The molecule has 3 heterocycles. The molecule has 2 atom stereocenters. The molecule has 0 saturated carbocycles. The Kier molecular flexibility index (Phi) is 2.95. The van der Waals surface area contributed by atoms with Gasteiger partial charge in [0.25, 0.3) is 0 Å². The van der Waals surface area contributed by atoms with Gasteiger partial charge in [0.15, 0.2) is 0 Å². The standard InChI is InChI=1S/C12H20N4O2S/c1-8-12(9(2)15(3)14-8)19(17,18)16-6-10-4-13-5-11(10)7-16/h10-11,13H,4-7H2,1-3H3/t10-,11+. The van der Waals surface area contributed by atoms with Gasteiger partial charge in [-0.05, 0) is 38.8 Å². The minimum Gasteiger partial charge on any atom is -0.316 e. The molecule has 0 radical (unpaired) electrons. The lowest BCUT2D eigenvalue weighted by atomic mass is 10.0. The molecule has 106 valence electrons. The molecule has 1 aromatic rings. The molecule has 0 spiro atoms. The molecule has 0 unspecified atom stereocenters. The first-order valence-corrected chi connectivity index (χ1v) is 8.06. The Labute approximate surface area is 113 Å². The molecule has 7 heteroatoms. The van der Waals surface area contributed by atoms with Crippen molar-refractivity contribution < 1.29 is 8.42 Å². The molecule has 0 aliphatic carbocycles. The van der Waals surface area contributed by atoms with Crippen LogP contribution in [0.15, 0.2) is 4.90 Å². The van der Waals surface area contributed by atoms with Crippen molar-refractivity contribution in [2.75, 3.05) is 26.2 Å². The van der Waals surface area contributed by atoms with Crippen LogP contribution < -0.4 is 5.32 Å². The van der Waals surface area contributed by atoms with Crippen molar-refractivity contribution in [3.8, 4) is 0 Å². The normalized spacial score (nSPS) is 27.9. The molecular weight excluding hydrogens is 264 g/mol. The topological polar surface area (TPSA) is 67.2 Å². The number of nitrogens with zero attached hydrogens (tertiary/aromatic N) is 3. The third-order valence-electron chi connectivity index (χ3n) is 4.40. The Morgan fingerprint density at radius 1 is 1.21 bits per heavy atom. The van der Waals surface area contributed by atoms with Crippen molar-refractivity contribution in [3.05, 3.63) is 11.4 Å². The van der Waals surface area contributed by atoms with E-state index in [1.54, 1.807) is 23.0 Å². The zero-order valence-corrected chi connectivity index (χ0v) is 12.4. The van der Waals surface area contributed by atoms with Crippen molar-refractivity contribution in [1.29, 1.82) is 0 Å². The van der Waals surface area contributed by atoms with Crippen molar-refractivity contribution in [2.24, 2.45) is 18.9 Å². The van der Waals surface area contributed by atoms with E-state index in [9.17, 15) is 8.42 Å². The van der Waals surface area contributed by atoms with Gasteiger partial charge in [0.1, 0.15) is 4.90 Å². The van der Waals surface area contributed by atoms with E-state index in [-0.39, 0.29) is 0 Å². The summed E-state index contributed by atoms with van der Waals surface area (Å²) in [5.74, 6) is 0.930. The molecule has 1 N–H and O–H groups in total. The number of hydrogen-bond donors (Lipinski definition) is 1. The summed E-state index contributed by atoms with van der Waals surface area (Å²) in [5.41, 5.74) is 1.31. The van der Waals surface area contributed by atoms with E-state index in [0.29, 0.717) is 41.2 Å². The van der Waals surface area contributed by atoms with Crippen molar-refractivity contribution in [2.45, 2.75) is 18.7 Å². The maximum absolute atomic E-state index is 12.8. The number of fused-ring (bicyclic) bond motifs is 1. The second-order valence-corrected chi connectivity index (χ2v) is 7.50. The average Bonchev–Trinajstić information content (AvgIpc) is 2.92. The minimum absolute atomic E-state index is 0.392. The highest BCUT2D eigenvalue weighted by Crippen LogP contribution is 2.32. The highest BCUT2D eigenvalue weighted by atomic mass is 32.2. The molecule has 2 fully saturated rings. The van der Waals surface area contributed by atoms with Gasteiger partial charge in [-0.3, -0.25) is 4.68 Å². The van der Waals surface area contributed by atoms with Crippen LogP contribution in [0.3, 0.4) is 0 Å². The third kappa shape index (κ3) is 1.91. The first-order chi connectivity index (χ1) is 8.91. The lowest BCUT2D eigenvalue weighted by Crippen LogP contribution is -2.32. The number of nitrogens with one attached hydrogen (secondary N) is 1. The van der Waals surface area contributed by atoms with E-state index < -0.39 is 10.0 Å². The molecule has 0 aromatic carbocycles. The molecule has 2 aliphatic rings. The van der Waals surface area contributed by atoms with Gasteiger partial charge in [0, 0.05) is 20.1 Å². The Morgan fingerprint density at radius 3 is 2.26 bits per heavy atom. The number of rotatable bonds is 2. The van der Waals surface area contributed by atoms with Crippen LogP contribution in [0, 0.1) is 25.7 Å². The van der Waals surface area contributed by atoms with E-state index in [1.165, 1.54) is 0 Å². The molecule has 19 heavy (non-hydrogen) atoms. The van der Waals surface area contributed by atoms with E-state index in [4.69, 9.17) is 0 Å². The Bertz CT molecular complexity index is 595. The van der Waals surface area contributed by atoms with Gasteiger partial charge in [-0.2, -0.15) is 9.40 Å². The monoisotopic (exact) mass is 284 g/mol. The smallest absolute Gasteiger partial charge is 0.246 e. The molecule has 2 saturated heterocycles. The minimum atomic E-state index is -3.40. The van der Waals surface area contributed by atoms with E-state index in [0.717, 1.165) is 13.1 Å². The molecule has 6 nitrogen and oxygen atoms in total. The third-order valence-corrected chi connectivity index (χ3v) is 6.48. The quantitative estimate of drug-likeness (QED) is 0.822. The second kappa shape index (κ2) is 4.29.